The van der Waals surface area contributed by atoms with Crippen molar-refractivity contribution in [1.29, 1.82) is 0 Å². The summed E-state index contributed by atoms with van der Waals surface area (Å²) in [6.07, 6.45) is 0.820. The number of benzene rings is 1. The molecule has 0 fully saturated rings. The lowest BCUT2D eigenvalue weighted by molar-refractivity contribution is 0.102. The second kappa shape index (κ2) is 7.21. The molecule has 2 heterocycles. The number of Topliss-reactive ketones (excluding diaryl/α,β-unsaturated/α-hetero) is 1. The van der Waals surface area contributed by atoms with Gasteiger partial charge in [0.1, 0.15) is 10.9 Å². The van der Waals surface area contributed by atoms with Crippen LogP contribution in [0.5, 0.6) is 0 Å². The minimum Gasteiger partial charge on any atom is -0.330 e. The predicted octanol–water partition coefficient (Wildman–Crippen LogP) is 3.48. The quantitative estimate of drug-likeness (QED) is 0.421. The first-order chi connectivity index (χ1) is 11.2. The molecule has 4 nitrogen and oxygen atoms in total. The molecular weight excluding hydrogens is 326 g/mol. The van der Waals surface area contributed by atoms with Crippen molar-refractivity contribution in [1.82, 2.24) is 9.97 Å². The average molecular weight is 343 g/mol. The monoisotopic (exact) mass is 343 g/mol. The van der Waals surface area contributed by atoms with Gasteiger partial charge in [0.05, 0.1) is 16.1 Å². The van der Waals surface area contributed by atoms with Crippen molar-refractivity contribution in [2.24, 2.45) is 5.73 Å². The van der Waals surface area contributed by atoms with Crippen molar-refractivity contribution in [2.75, 3.05) is 12.3 Å². The highest BCUT2D eigenvalue weighted by atomic mass is 32.2. The van der Waals surface area contributed by atoms with E-state index in [0.717, 1.165) is 37.9 Å². The predicted molar refractivity (Wildman–Crippen MR) is 96.4 cm³/mol. The Bertz CT molecular complexity index is 845. The van der Waals surface area contributed by atoms with E-state index in [1.165, 1.54) is 23.1 Å². The van der Waals surface area contributed by atoms with E-state index in [1.807, 2.05) is 43.3 Å². The highest BCUT2D eigenvalue weighted by Crippen LogP contribution is 2.27. The van der Waals surface area contributed by atoms with Gasteiger partial charge in [0.15, 0.2) is 5.78 Å². The number of fused-ring (bicyclic) bond motifs is 1. The van der Waals surface area contributed by atoms with Gasteiger partial charge in [-0.2, -0.15) is 0 Å². The van der Waals surface area contributed by atoms with Crippen LogP contribution in [0.3, 0.4) is 0 Å². The molecule has 3 rings (SSSR count). The lowest BCUT2D eigenvalue weighted by atomic mass is 10.2. The highest BCUT2D eigenvalue weighted by Gasteiger charge is 2.12. The third-order valence-corrected chi connectivity index (χ3v) is 5.52. The van der Waals surface area contributed by atoms with Gasteiger partial charge in [-0.1, -0.05) is 30.0 Å². The summed E-state index contributed by atoms with van der Waals surface area (Å²) in [7, 11) is 0. The van der Waals surface area contributed by atoms with Gasteiger partial charge in [-0.25, -0.2) is 9.97 Å². The zero-order chi connectivity index (χ0) is 16.2. The first-order valence-corrected chi connectivity index (χ1v) is 9.16. The van der Waals surface area contributed by atoms with E-state index >= 15 is 0 Å². The molecule has 0 bridgehead atoms. The van der Waals surface area contributed by atoms with Crippen LogP contribution in [0.25, 0.3) is 10.9 Å². The summed E-state index contributed by atoms with van der Waals surface area (Å²) in [6.45, 7) is 2.48. The second-order valence-corrected chi connectivity index (χ2v) is 7.24. The summed E-state index contributed by atoms with van der Waals surface area (Å²) in [6, 6.07) is 11.8. The van der Waals surface area contributed by atoms with Crippen LogP contribution < -0.4 is 5.73 Å². The third-order valence-electron chi connectivity index (χ3n) is 3.35. The van der Waals surface area contributed by atoms with Gasteiger partial charge >= 0.3 is 0 Å². The van der Waals surface area contributed by atoms with E-state index in [4.69, 9.17) is 5.73 Å². The van der Waals surface area contributed by atoms with E-state index in [-0.39, 0.29) is 5.78 Å². The van der Waals surface area contributed by atoms with Crippen LogP contribution in [-0.2, 0) is 6.42 Å². The maximum absolute atomic E-state index is 12.4. The van der Waals surface area contributed by atoms with Gasteiger partial charge in [0.2, 0.25) is 0 Å². The number of rotatable bonds is 6. The number of nitrogens with two attached hydrogens (primary N) is 1. The number of carbonyl (C=O) groups is 1. The number of ketones is 1. The average Bonchev–Trinajstić information content (AvgIpc) is 3.01. The number of nitrogens with zero attached hydrogens (tertiary/aromatic N) is 2. The summed E-state index contributed by atoms with van der Waals surface area (Å²) >= 11 is 3.00. The van der Waals surface area contributed by atoms with E-state index in [1.54, 1.807) is 0 Å². The molecule has 0 unspecified atom stereocenters. The van der Waals surface area contributed by atoms with Crippen molar-refractivity contribution in [3.05, 3.63) is 52.0 Å². The number of carbonyl (C=O) groups excluding carboxylic acids is 1. The normalized spacial score (nSPS) is 11.0. The van der Waals surface area contributed by atoms with Crippen LogP contribution in [0.15, 0.2) is 41.4 Å². The Morgan fingerprint density at radius 1 is 1.22 bits per heavy atom. The Morgan fingerprint density at radius 2 is 2.04 bits per heavy atom. The topological polar surface area (TPSA) is 68.9 Å². The zero-order valence-corrected chi connectivity index (χ0v) is 14.4. The SMILES string of the molecule is Cc1nc(SCC(=O)c2ccc(CCN)s2)c2ccccc2n1. The van der Waals surface area contributed by atoms with Crippen molar-refractivity contribution in [2.45, 2.75) is 18.4 Å². The number of aryl methyl sites for hydroxylation is 1. The van der Waals surface area contributed by atoms with E-state index in [9.17, 15) is 4.79 Å². The summed E-state index contributed by atoms with van der Waals surface area (Å²) in [5.41, 5.74) is 6.46. The first kappa shape index (κ1) is 16.1. The van der Waals surface area contributed by atoms with Crippen molar-refractivity contribution in [3.8, 4) is 0 Å². The molecule has 0 saturated heterocycles. The molecule has 0 atom stereocenters. The van der Waals surface area contributed by atoms with Crippen molar-refractivity contribution < 1.29 is 4.79 Å². The van der Waals surface area contributed by atoms with E-state index in [0.29, 0.717) is 12.3 Å². The molecule has 0 aliphatic rings. The summed E-state index contributed by atoms with van der Waals surface area (Å²) in [4.78, 5) is 23.2. The molecule has 118 valence electrons. The summed E-state index contributed by atoms with van der Waals surface area (Å²) in [5.74, 6) is 1.23. The fourth-order valence-corrected chi connectivity index (χ4v) is 4.28. The molecule has 23 heavy (non-hydrogen) atoms. The molecule has 0 amide bonds. The van der Waals surface area contributed by atoms with Gasteiger partial charge in [0, 0.05) is 10.3 Å². The molecule has 0 radical (unpaired) electrons. The molecule has 1 aromatic carbocycles. The number of thioether (sulfide) groups is 1. The van der Waals surface area contributed by atoms with Gasteiger partial charge in [-0.05, 0) is 38.1 Å². The smallest absolute Gasteiger partial charge is 0.183 e. The molecular formula is C17H17N3OS2. The molecule has 0 saturated carbocycles. The maximum Gasteiger partial charge on any atom is 0.183 e. The van der Waals surface area contributed by atoms with Crippen LogP contribution in [0.4, 0.5) is 0 Å². The maximum atomic E-state index is 12.4. The zero-order valence-electron chi connectivity index (χ0n) is 12.8. The minimum atomic E-state index is 0.128. The minimum absolute atomic E-state index is 0.128. The van der Waals surface area contributed by atoms with Crippen LogP contribution in [0.2, 0.25) is 0 Å². The number of hydrogen-bond acceptors (Lipinski definition) is 6. The summed E-state index contributed by atoms with van der Waals surface area (Å²) in [5, 5.41) is 1.85. The molecule has 3 aromatic rings. The van der Waals surface area contributed by atoms with Crippen LogP contribution >= 0.6 is 23.1 Å². The van der Waals surface area contributed by atoms with Gasteiger partial charge in [0.25, 0.3) is 0 Å². The number of thiophene rings is 1. The van der Waals surface area contributed by atoms with Crippen LogP contribution in [0, 0.1) is 6.92 Å². The third kappa shape index (κ3) is 3.77. The molecule has 2 N–H and O–H groups in total. The first-order valence-electron chi connectivity index (χ1n) is 7.35. The van der Waals surface area contributed by atoms with Crippen LogP contribution in [0.1, 0.15) is 20.4 Å². The number of aromatic nitrogens is 2. The summed E-state index contributed by atoms with van der Waals surface area (Å²) < 4.78 is 0. The van der Waals surface area contributed by atoms with E-state index < -0.39 is 0 Å². The number of para-hydroxylation sites is 1. The molecule has 0 spiro atoms. The van der Waals surface area contributed by atoms with Gasteiger partial charge < -0.3 is 5.73 Å². The van der Waals surface area contributed by atoms with Gasteiger partial charge in [-0.15, -0.1) is 11.3 Å². The Morgan fingerprint density at radius 3 is 2.87 bits per heavy atom. The molecule has 2 aromatic heterocycles. The molecule has 0 aliphatic heterocycles. The molecule has 0 aliphatic carbocycles. The van der Waals surface area contributed by atoms with Crippen molar-refractivity contribution >= 4 is 39.8 Å². The number of hydrogen-bond donors (Lipinski definition) is 1. The highest BCUT2D eigenvalue weighted by molar-refractivity contribution is 8.00. The second-order valence-electron chi connectivity index (χ2n) is 5.11. The standard InChI is InChI=1S/C17H17N3OS2/c1-11-19-14-5-3-2-4-13(14)17(20-11)22-10-15(21)16-7-6-12(23-16)8-9-18/h2-7H,8-10,18H2,1H3. The molecule has 6 heteroatoms. The fourth-order valence-electron chi connectivity index (χ4n) is 2.28. The Kier molecular flexibility index (Phi) is 5.05. The van der Waals surface area contributed by atoms with Crippen LogP contribution in [-0.4, -0.2) is 28.0 Å². The van der Waals surface area contributed by atoms with Gasteiger partial charge in [-0.3, -0.25) is 4.79 Å². The fraction of sp³-hybridized carbons (Fsp3) is 0.235. The lowest BCUT2D eigenvalue weighted by Gasteiger charge is -2.05. The largest absolute Gasteiger partial charge is 0.330 e. The van der Waals surface area contributed by atoms with E-state index in [2.05, 4.69) is 9.97 Å². The lowest BCUT2D eigenvalue weighted by Crippen LogP contribution is -2.02. The Hall–Kier alpha value is -1.76. The van der Waals surface area contributed by atoms with Crippen molar-refractivity contribution in [3.63, 3.8) is 0 Å². The Labute approximate surface area is 143 Å². The Balaban J connectivity index is 1.76.